The Kier molecular flexibility index (Phi) is 3.17. The summed E-state index contributed by atoms with van der Waals surface area (Å²) < 4.78 is 2.05. The maximum Gasteiger partial charge on any atom is 0.126 e. The lowest BCUT2D eigenvalue weighted by atomic mass is 10.2. The summed E-state index contributed by atoms with van der Waals surface area (Å²) in [5, 5.41) is 0.709. The lowest BCUT2D eigenvalue weighted by Crippen LogP contribution is -2.14. The van der Waals surface area contributed by atoms with E-state index in [0.29, 0.717) is 5.02 Å². The molecule has 1 aromatic carbocycles. The Bertz CT molecular complexity index is 504. The van der Waals surface area contributed by atoms with Crippen LogP contribution in [0.5, 0.6) is 0 Å². The zero-order chi connectivity index (χ0) is 11.7. The van der Waals surface area contributed by atoms with Gasteiger partial charge in [0.2, 0.25) is 0 Å². The first-order chi connectivity index (χ1) is 7.63. The van der Waals surface area contributed by atoms with E-state index in [-0.39, 0.29) is 6.04 Å². The van der Waals surface area contributed by atoms with E-state index >= 15 is 0 Å². The van der Waals surface area contributed by atoms with E-state index in [4.69, 9.17) is 17.3 Å². The average Bonchev–Trinajstić information content (AvgIpc) is 2.56. The Morgan fingerprint density at radius 3 is 2.94 bits per heavy atom. The first-order valence-electron chi connectivity index (χ1n) is 5.51. The van der Waals surface area contributed by atoms with Crippen molar-refractivity contribution in [3.8, 4) is 0 Å². The smallest absolute Gasteiger partial charge is 0.126 e. The van der Waals surface area contributed by atoms with Crippen molar-refractivity contribution in [1.29, 1.82) is 0 Å². The van der Waals surface area contributed by atoms with Crippen LogP contribution >= 0.6 is 11.6 Å². The van der Waals surface area contributed by atoms with Gasteiger partial charge in [-0.1, -0.05) is 24.9 Å². The summed E-state index contributed by atoms with van der Waals surface area (Å²) in [7, 11) is 1.99. The molecule has 2 rings (SSSR count). The van der Waals surface area contributed by atoms with E-state index in [1.54, 1.807) is 0 Å². The van der Waals surface area contributed by atoms with Crippen molar-refractivity contribution in [3.05, 3.63) is 29.0 Å². The largest absolute Gasteiger partial charge is 0.330 e. The highest BCUT2D eigenvalue weighted by molar-refractivity contribution is 6.31. The molecule has 1 atom stereocenters. The topological polar surface area (TPSA) is 43.8 Å². The van der Waals surface area contributed by atoms with Gasteiger partial charge in [0.1, 0.15) is 5.82 Å². The molecule has 0 saturated carbocycles. The number of hydrogen-bond acceptors (Lipinski definition) is 2. The molecule has 2 N–H and O–H groups in total. The van der Waals surface area contributed by atoms with Gasteiger partial charge in [-0.2, -0.15) is 0 Å². The molecule has 16 heavy (non-hydrogen) atoms. The third-order valence-electron chi connectivity index (χ3n) is 2.81. The van der Waals surface area contributed by atoms with Gasteiger partial charge in [0.25, 0.3) is 0 Å². The number of aryl methyl sites for hydroxylation is 1. The Morgan fingerprint density at radius 1 is 1.50 bits per heavy atom. The van der Waals surface area contributed by atoms with Crippen molar-refractivity contribution < 1.29 is 0 Å². The normalized spacial score (nSPS) is 13.2. The number of hydrogen-bond donors (Lipinski definition) is 1. The fourth-order valence-electron chi connectivity index (χ4n) is 1.96. The molecule has 0 amide bonds. The van der Waals surface area contributed by atoms with Gasteiger partial charge >= 0.3 is 0 Å². The summed E-state index contributed by atoms with van der Waals surface area (Å²) >= 11 is 5.94. The van der Waals surface area contributed by atoms with Crippen LogP contribution in [0.3, 0.4) is 0 Å². The van der Waals surface area contributed by atoms with Crippen LogP contribution < -0.4 is 5.73 Å². The van der Waals surface area contributed by atoms with Crippen LogP contribution in [0.4, 0.5) is 0 Å². The summed E-state index contributed by atoms with van der Waals surface area (Å²) in [6.07, 6.45) is 2.01. The monoisotopic (exact) mass is 237 g/mol. The number of imidazole rings is 1. The minimum Gasteiger partial charge on any atom is -0.330 e. The molecule has 0 bridgehead atoms. The van der Waals surface area contributed by atoms with Crippen molar-refractivity contribution in [2.45, 2.75) is 25.8 Å². The van der Waals surface area contributed by atoms with E-state index in [0.717, 1.165) is 29.7 Å². The third kappa shape index (κ3) is 1.93. The number of aromatic nitrogens is 2. The maximum atomic E-state index is 6.09. The molecule has 2 aromatic rings. The Balaban J connectivity index is 2.51. The molecule has 0 aliphatic rings. The van der Waals surface area contributed by atoms with Crippen molar-refractivity contribution >= 4 is 22.6 Å². The van der Waals surface area contributed by atoms with Gasteiger partial charge in [-0.25, -0.2) is 4.98 Å². The second-order valence-corrected chi connectivity index (χ2v) is 4.49. The van der Waals surface area contributed by atoms with Crippen LogP contribution in [0.25, 0.3) is 11.0 Å². The van der Waals surface area contributed by atoms with Gasteiger partial charge in [0.05, 0.1) is 17.1 Å². The lowest BCUT2D eigenvalue weighted by molar-refractivity contribution is 0.584. The van der Waals surface area contributed by atoms with Crippen LogP contribution in [0, 0.1) is 0 Å². The second-order valence-electron chi connectivity index (χ2n) is 4.06. The number of nitrogens with zero attached hydrogens (tertiary/aromatic N) is 2. The van der Waals surface area contributed by atoms with Gasteiger partial charge in [-0.05, 0) is 24.6 Å². The van der Waals surface area contributed by atoms with Crippen molar-refractivity contribution in [1.82, 2.24) is 9.55 Å². The molecule has 0 radical (unpaired) electrons. The summed E-state index contributed by atoms with van der Waals surface area (Å²) in [6, 6.07) is 5.73. The molecule has 86 valence electrons. The zero-order valence-corrected chi connectivity index (χ0v) is 10.3. The summed E-state index contributed by atoms with van der Waals surface area (Å²) in [5.41, 5.74) is 8.08. The first kappa shape index (κ1) is 11.4. The zero-order valence-electron chi connectivity index (χ0n) is 9.57. The van der Waals surface area contributed by atoms with Gasteiger partial charge in [0.15, 0.2) is 0 Å². The highest BCUT2D eigenvalue weighted by Gasteiger charge is 2.13. The molecular weight excluding hydrogens is 222 g/mol. The molecular formula is C12H16ClN3. The molecule has 0 saturated heterocycles. The third-order valence-corrected chi connectivity index (χ3v) is 3.04. The summed E-state index contributed by atoms with van der Waals surface area (Å²) in [6.45, 7) is 2.12. The standard InChI is InChI=1S/C12H16ClN3/c1-3-4-9(14)12-15-10-7-8(13)5-6-11(10)16(12)2/h5-7,9H,3-4,14H2,1-2H3. The molecule has 0 aliphatic heterocycles. The van der Waals surface area contributed by atoms with E-state index in [9.17, 15) is 0 Å². The van der Waals surface area contributed by atoms with Crippen LogP contribution in [-0.4, -0.2) is 9.55 Å². The maximum absolute atomic E-state index is 6.09. The Morgan fingerprint density at radius 2 is 2.25 bits per heavy atom. The average molecular weight is 238 g/mol. The van der Waals surface area contributed by atoms with E-state index < -0.39 is 0 Å². The number of nitrogens with two attached hydrogens (primary N) is 1. The number of benzene rings is 1. The highest BCUT2D eigenvalue weighted by atomic mass is 35.5. The Hall–Kier alpha value is -1.06. The molecule has 1 heterocycles. The van der Waals surface area contributed by atoms with Gasteiger partial charge < -0.3 is 10.3 Å². The molecule has 0 fully saturated rings. The van der Waals surface area contributed by atoms with Crippen molar-refractivity contribution in [2.75, 3.05) is 0 Å². The predicted molar refractivity (Wildman–Crippen MR) is 67.6 cm³/mol. The summed E-state index contributed by atoms with van der Waals surface area (Å²) in [4.78, 5) is 4.55. The molecule has 1 aromatic heterocycles. The number of halogens is 1. The first-order valence-corrected chi connectivity index (χ1v) is 5.88. The van der Waals surface area contributed by atoms with Crippen LogP contribution in [0.15, 0.2) is 18.2 Å². The van der Waals surface area contributed by atoms with Gasteiger partial charge in [-0.15, -0.1) is 0 Å². The molecule has 0 spiro atoms. The molecule has 1 unspecified atom stereocenters. The summed E-state index contributed by atoms with van der Waals surface area (Å²) in [5.74, 6) is 0.930. The lowest BCUT2D eigenvalue weighted by Gasteiger charge is -2.09. The van der Waals surface area contributed by atoms with Crippen molar-refractivity contribution in [3.63, 3.8) is 0 Å². The predicted octanol–water partition coefficient (Wildman–Crippen LogP) is 3.03. The minimum absolute atomic E-state index is 0.00109. The Labute approximate surface area is 100 Å². The van der Waals surface area contributed by atoms with E-state index in [2.05, 4.69) is 11.9 Å². The van der Waals surface area contributed by atoms with E-state index in [1.165, 1.54) is 0 Å². The molecule has 4 heteroatoms. The minimum atomic E-state index is 0.00109. The van der Waals surface area contributed by atoms with Gasteiger partial charge in [0, 0.05) is 12.1 Å². The van der Waals surface area contributed by atoms with Crippen molar-refractivity contribution in [2.24, 2.45) is 12.8 Å². The van der Waals surface area contributed by atoms with Gasteiger partial charge in [-0.3, -0.25) is 0 Å². The quantitative estimate of drug-likeness (QED) is 0.892. The fourth-order valence-corrected chi connectivity index (χ4v) is 2.13. The fraction of sp³-hybridized carbons (Fsp3) is 0.417. The number of fused-ring (bicyclic) bond motifs is 1. The van der Waals surface area contributed by atoms with Crippen LogP contribution in [0.2, 0.25) is 5.02 Å². The molecule has 3 nitrogen and oxygen atoms in total. The van der Waals surface area contributed by atoms with Crippen LogP contribution in [0.1, 0.15) is 31.6 Å². The second kappa shape index (κ2) is 4.44. The highest BCUT2D eigenvalue weighted by Crippen LogP contribution is 2.23. The number of rotatable bonds is 3. The molecule has 0 aliphatic carbocycles. The van der Waals surface area contributed by atoms with Crippen LogP contribution in [-0.2, 0) is 7.05 Å². The van der Waals surface area contributed by atoms with E-state index in [1.807, 2.05) is 29.8 Å². The SMILES string of the molecule is CCCC(N)c1nc2cc(Cl)ccc2n1C.